The number of nitrogens with one attached hydrogen (secondary N) is 2. The fourth-order valence-electron chi connectivity index (χ4n) is 1.64. The highest BCUT2D eigenvalue weighted by Gasteiger charge is 2.02. The quantitative estimate of drug-likeness (QED) is 0.759. The molecule has 0 saturated heterocycles. The maximum absolute atomic E-state index is 11.3. The first-order valence-corrected chi connectivity index (χ1v) is 6.40. The molecule has 0 aliphatic rings. The van der Waals surface area contributed by atoms with E-state index in [2.05, 4.69) is 34.7 Å². The van der Waals surface area contributed by atoms with Crippen LogP contribution in [0.15, 0.2) is 30.3 Å². The van der Waals surface area contributed by atoms with Gasteiger partial charge in [0.2, 0.25) is 0 Å². The van der Waals surface area contributed by atoms with Gasteiger partial charge in [0.15, 0.2) is 0 Å². The van der Waals surface area contributed by atoms with Crippen molar-refractivity contribution in [1.29, 1.82) is 0 Å². The van der Waals surface area contributed by atoms with Gasteiger partial charge in [0.25, 0.3) is 0 Å². The first kappa shape index (κ1) is 14.4. The van der Waals surface area contributed by atoms with Crippen LogP contribution >= 0.6 is 0 Å². The zero-order valence-corrected chi connectivity index (χ0v) is 11.4. The summed E-state index contributed by atoms with van der Waals surface area (Å²) >= 11 is 0. The smallest absolute Gasteiger partial charge is 0.314 e. The Morgan fingerprint density at radius 1 is 1.28 bits per heavy atom. The van der Waals surface area contributed by atoms with Gasteiger partial charge in [-0.25, -0.2) is 4.79 Å². The summed E-state index contributed by atoms with van der Waals surface area (Å²) < 4.78 is 0. The van der Waals surface area contributed by atoms with Crippen LogP contribution in [0.1, 0.15) is 20.3 Å². The van der Waals surface area contributed by atoms with Crippen LogP contribution < -0.4 is 15.5 Å². The Hall–Kier alpha value is -1.71. The number of para-hydroxylation sites is 1. The topological polar surface area (TPSA) is 44.4 Å². The summed E-state index contributed by atoms with van der Waals surface area (Å²) in [6.07, 6.45) is 0.927. The summed E-state index contributed by atoms with van der Waals surface area (Å²) in [5.74, 6) is 0. The van der Waals surface area contributed by atoms with Crippen molar-refractivity contribution in [3.05, 3.63) is 30.3 Å². The van der Waals surface area contributed by atoms with Gasteiger partial charge in [0, 0.05) is 31.9 Å². The molecule has 0 bridgehead atoms. The molecule has 0 aliphatic heterocycles. The van der Waals surface area contributed by atoms with Crippen molar-refractivity contribution in [3.63, 3.8) is 0 Å². The van der Waals surface area contributed by atoms with Crippen LogP contribution in [0.25, 0.3) is 0 Å². The summed E-state index contributed by atoms with van der Waals surface area (Å²) in [6, 6.07) is 10.3. The molecule has 0 heterocycles. The first-order valence-electron chi connectivity index (χ1n) is 6.40. The molecule has 0 aliphatic carbocycles. The molecule has 0 fully saturated rings. The van der Waals surface area contributed by atoms with E-state index in [1.807, 2.05) is 32.0 Å². The number of anilines is 1. The number of hydrogen-bond donors (Lipinski definition) is 2. The molecule has 0 spiro atoms. The zero-order chi connectivity index (χ0) is 13.4. The van der Waals surface area contributed by atoms with Gasteiger partial charge in [0.05, 0.1) is 0 Å². The number of hydrogen-bond acceptors (Lipinski definition) is 2. The number of nitrogens with zero attached hydrogens (tertiary/aromatic N) is 1. The highest BCUT2D eigenvalue weighted by Crippen LogP contribution is 2.10. The third-order valence-corrected chi connectivity index (χ3v) is 2.57. The fraction of sp³-hybridized carbons (Fsp3) is 0.500. The van der Waals surface area contributed by atoms with E-state index in [4.69, 9.17) is 0 Å². The molecular formula is C14H23N3O. The highest BCUT2D eigenvalue weighted by atomic mass is 16.2. The molecule has 0 atom stereocenters. The lowest BCUT2D eigenvalue weighted by atomic mass is 10.3. The van der Waals surface area contributed by atoms with Crippen LogP contribution in [-0.4, -0.2) is 32.2 Å². The predicted molar refractivity (Wildman–Crippen MR) is 76.0 cm³/mol. The molecule has 1 rings (SSSR count). The molecule has 0 radical (unpaired) electrons. The van der Waals surface area contributed by atoms with E-state index in [0.717, 1.165) is 13.0 Å². The van der Waals surface area contributed by atoms with Crippen molar-refractivity contribution in [2.75, 3.05) is 25.0 Å². The largest absolute Gasteiger partial charge is 0.375 e. The molecule has 4 heteroatoms. The summed E-state index contributed by atoms with van der Waals surface area (Å²) in [7, 11) is 2.06. The molecule has 1 aromatic rings. The molecule has 2 amide bonds. The monoisotopic (exact) mass is 249 g/mol. The van der Waals surface area contributed by atoms with Crippen LogP contribution in [0.5, 0.6) is 0 Å². The van der Waals surface area contributed by atoms with Gasteiger partial charge in [-0.2, -0.15) is 0 Å². The summed E-state index contributed by atoms with van der Waals surface area (Å²) in [4.78, 5) is 13.5. The lowest BCUT2D eigenvalue weighted by Crippen LogP contribution is -2.40. The molecule has 100 valence electrons. The van der Waals surface area contributed by atoms with Crippen LogP contribution in [0.3, 0.4) is 0 Å². The van der Waals surface area contributed by atoms with Crippen molar-refractivity contribution >= 4 is 11.7 Å². The Morgan fingerprint density at radius 3 is 2.56 bits per heavy atom. The SMILES string of the molecule is CC(C)NC(=O)NCCCN(C)c1ccccc1. The second-order valence-corrected chi connectivity index (χ2v) is 4.67. The third-order valence-electron chi connectivity index (χ3n) is 2.57. The van der Waals surface area contributed by atoms with Gasteiger partial charge in [-0.3, -0.25) is 0 Å². The minimum absolute atomic E-state index is 0.0904. The molecular weight excluding hydrogens is 226 g/mol. The maximum atomic E-state index is 11.3. The molecule has 0 aromatic heterocycles. The summed E-state index contributed by atoms with van der Waals surface area (Å²) in [5.41, 5.74) is 1.20. The minimum Gasteiger partial charge on any atom is -0.375 e. The highest BCUT2D eigenvalue weighted by molar-refractivity contribution is 5.74. The van der Waals surface area contributed by atoms with E-state index in [1.54, 1.807) is 0 Å². The van der Waals surface area contributed by atoms with Crippen molar-refractivity contribution in [1.82, 2.24) is 10.6 Å². The van der Waals surface area contributed by atoms with Gasteiger partial charge < -0.3 is 15.5 Å². The molecule has 0 unspecified atom stereocenters. The number of carbonyl (C=O) groups is 1. The zero-order valence-electron chi connectivity index (χ0n) is 11.4. The Kier molecular flexibility index (Phi) is 6.05. The number of carbonyl (C=O) groups excluding carboxylic acids is 1. The van der Waals surface area contributed by atoms with Crippen molar-refractivity contribution in [2.45, 2.75) is 26.3 Å². The standard InChI is InChI=1S/C14H23N3O/c1-12(2)16-14(18)15-10-7-11-17(3)13-8-5-4-6-9-13/h4-6,8-9,12H,7,10-11H2,1-3H3,(H2,15,16,18). The molecule has 18 heavy (non-hydrogen) atoms. The van der Waals surface area contributed by atoms with Crippen molar-refractivity contribution < 1.29 is 4.79 Å². The summed E-state index contributed by atoms with van der Waals surface area (Å²) in [5, 5.41) is 5.64. The van der Waals surface area contributed by atoms with E-state index in [9.17, 15) is 4.79 Å². The number of rotatable bonds is 6. The van der Waals surface area contributed by atoms with Crippen LogP contribution in [0.4, 0.5) is 10.5 Å². The summed E-state index contributed by atoms with van der Waals surface area (Å²) in [6.45, 7) is 5.51. The normalized spacial score (nSPS) is 10.2. The predicted octanol–water partition coefficient (Wildman–Crippen LogP) is 2.22. The van der Waals surface area contributed by atoms with E-state index in [1.165, 1.54) is 5.69 Å². The lowest BCUT2D eigenvalue weighted by Gasteiger charge is -2.19. The third kappa shape index (κ3) is 5.57. The van der Waals surface area contributed by atoms with Gasteiger partial charge in [-0.05, 0) is 32.4 Å². The van der Waals surface area contributed by atoms with E-state index < -0.39 is 0 Å². The molecule has 1 aromatic carbocycles. The van der Waals surface area contributed by atoms with Crippen molar-refractivity contribution in [2.24, 2.45) is 0 Å². The van der Waals surface area contributed by atoms with Crippen molar-refractivity contribution in [3.8, 4) is 0 Å². The van der Waals surface area contributed by atoms with Crippen LogP contribution in [0.2, 0.25) is 0 Å². The Balaban J connectivity index is 2.17. The van der Waals surface area contributed by atoms with Crippen LogP contribution in [-0.2, 0) is 0 Å². The Labute approximate surface area is 109 Å². The Bertz CT molecular complexity index is 351. The van der Waals surface area contributed by atoms with Gasteiger partial charge in [0.1, 0.15) is 0 Å². The lowest BCUT2D eigenvalue weighted by molar-refractivity contribution is 0.238. The average molecular weight is 249 g/mol. The fourth-order valence-corrected chi connectivity index (χ4v) is 1.64. The Morgan fingerprint density at radius 2 is 1.94 bits per heavy atom. The van der Waals surface area contributed by atoms with Gasteiger partial charge >= 0.3 is 6.03 Å². The van der Waals surface area contributed by atoms with E-state index in [0.29, 0.717) is 6.54 Å². The first-order chi connectivity index (χ1) is 8.59. The second-order valence-electron chi connectivity index (χ2n) is 4.67. The molecule has 2 N–H and O–H groups in total. The number of urea groups is 1. The number of benzene rings is 1. The minimum atomic E-state index is -0.0904. The molecule has 0 saturated carbocycles. The van der Waals surface area contributed by atoms with E-state index in [-0.39, 0.29) is 12.1 Å². The van der Waals surface area contributed by atoms with E-state index >= 15 is 0 Å². The second kappa shape index (κ2) is 7.58. The molecule has 4 nitrogen and oxygen atoms in total. The number of amides is 2. The van der Waals surface area contributed by atoms with Crippen LogP contribution in [0, 0.1) is 0 Å². The average Bonchev–Trinajstić information content (AvgIpc) is 2.34. The maximum Gasteiger partial charge on any atom is 0.314 e. The van der Waals surface area contributed by atoms with Gasteiger partial charge in [-0.15, -0.1) is 0 Å². The van der Waals surface area contributed by atoms with Gasteiger partial charge in [-0.1, -0.05) is 18.2 Å².